The van der Waals surface area contributed by atoms with Gasteiger partial charge in [-0.3, -0.25) is 4.79 Å². The maximum Gasteiger partial charge on any atom is 0.233 e. The van der Waals surface area contributed by atoms with Crippen LogP contribution in [0.4, 0.5) is 0 Å². The summed E-state index contributed by atoms with van der Waals surface area (Å²) in [7, 11) is 0. The Balaban J connectivity index is 2.38. The Hall–Kier alpha value is -1.16. The van der Waals surface area contributed by atoms with Crippen molar-refractivity contribution < 1.29 is 9.90 Å². The van der Waals surface area contributed by atoms with Crippen LogP contribution in [0.2, 0.25) is 0 Å². The molecule has 18 heavy (non-hydrogen) atoms. The lowest BCUT2D eigenvalue weighted by molar-refractivity contribution is -0.120. The number of aromatic hydroxyl groups is 1. The quantitative estimate of drug-likeness (QED) is 0.589. The average molecular weight is 267 g/mol. The third kappa shape index (κ3) is 5.00. The largest absolute Gasteiger partial charge is 0.507 e. The van der Waals surface area contributed by atoms with Gasteiger partial charge in [0.05, 0.1) is 5.25 Å². The van der Waals surface area contributed by atoms with Crippen LogP contribution in [0.5, 0.6) is 5.75 Å². The zero-order valence-corrected chi connectivity index (χ0v) is 11.8. The Labute approximate surface area is 113 Å². The highest BCUT2D eigenvalue weighted by Crippen LogP contribution is 2.30. The number of para-hydroxylation sites is 1. The van der Waals surface area contributed by atoms with E-state index in [1.165, 1.54) is 11.8 Å². The number of hydrogen-bond donors (Lipinski definition) is 2. The molecule has 0 aromatic heterocycles. The van der Waals surface area contributed by atoms with Crippen molar-refractivity contribution in [2.45, 2.75) is 43.3 Å². The van der Waals surface area contributed by atoms with Crippen LogP contribution in [0.1, 0.15) is 33.1 Å². The number of amides is 1. The summed E-state index contributed by atoms with van der Waals surface area (Å²) in [5.74, 6) is 0.257. The Morgan fingerprint density at radius 2 is 2.11 bits per heavy atom. The molecule has 100 valence electrons. The van der Waals surface area contributed by atoms with E-state index in [1.54, 1.807) is 12.1 Å². The summed E-state index contributed by atoms with van der Waals surface area (Å²) >= 11 is 1.38. The molecule has 3 nitrogen and oxygen atoms in total. The van der Waals surface area contributed by atoms with Crippen LogP contribution in [-0.4, -0.2) is 22.8 Å². The number of phenols is 1. The number of nitrogens with one attached hydrogen (secondary N) is 1. The molecular formula is C14H21NO2S. The molecule has 0 aliphatic heterocycles. The molecule has 0 saturated carbocycles. The van der Waals surface area contributed by atoms with Gasteiger partial charge in [0.1, 0.15) is 5.75 Å². The SMILES string of the molecule is CCCCCNC(=O)C(C)Sc1ccccc1O. The van der Waals surface area contributed by atoms with Crippen molar-refractivity contribution in [3.8, 4) is 5.75 Å². The van der Waals surface area contributed by atoms with E-state index in [1.807, 2.05) is 19.1 Å². The molecule has 4 heteroatoms. The van der Waals surface area contributed by atoms with Crippen LogP contribution in [0.25, 0.3) is 0 Å². The number of carbonyl (C=O) groups is 1. The van der Waals surface area contributed by atoms with Gasteiger partial charge in [0.15, 0.2) is 0 Å². The Morgan fingerprint density at radius 1 is 1.39 bits per heavy atom. The van der Waals surface area contributed by atoms with Crippen LogP contribution in [0, 0.1) is 0 Å². The molecule has 0 saturated heterocycles. The highest BCUT2D eigenvalue weighted by Gasteiger charge is 2.15. The summed E-state index contributed by atoms with van der Waals surface area (Å²) in [4.78, 5) is 12.6. The number of carbonyl (C=O) groups excluding carboxylic acids is 1. The van der Waals surface area contributed by atoms with Gasteiger partial charge in [-0.1, -0.05) is 31.9 Å². The summed E-state index contributed by atoms with van der Waals surface area (Å²) < 4.78 is 0. The molecule has 0 aliphatic rings. The summed E-state index contributed by atoms with van der Waals surface area (Å²) in [6.45, 7) is 4.73. The number of benzene rings is 1. The van der Waals surface area contributed by atoms with Gasteiger partial charge in [-0.2, -0.15) is 0 Å². The van der Waals surface area contributed by atoms with Gasteiger partial charge < -0.3 is 10.4 Å². The van der Waals surface area contributed by atoms with Crippen molar-refractivity contribution in [1.82, 2.24) is 5.32 Å². The number of thioether (sulfide) groups is 1. The molecule has 0 fully saturated rings. The summed E-state index contributed by atoms with van der Waals surface area (Å²) in [5, 5.41) is 12.4. The second-order valence-electron chi connectivity index (χ2n) is 4.23. The normalized spacial score (nSPS) is 12.1. The Morgan fingerprint density at radius 3 is 2.78 bits per heavy atom. The number of rotatable bonds is 7. The number of hydrogen-bond acceptors (Lipinski definition) is 3. The van der Waals surface area contributed by atoms with E-state index in [2.05, 4.69) is 12.2 Å². The maximum absolute atomic E-state index is 11.8. The van der Waals surface area contributed by atoms with Crippen molar-refractivity contribution in [1.29, 1.82) is 0 Å². The summed E-state index contributed by atoms with van der Waals surface area (Å²) in [5.41, 5.74) is 0. The highest BCUT2D eigenvalue weighted by atomic mass is 32.2. The minimum absolute atomic E-state index is 0.0272. The second kappa shape index (κ2) is 8.03. The van der Waals surface area contributed by atoms with Gasteiger partial charge in [-0.05, 0) is 25.5 Å². The van der Waals surface area contributed by atoms with Crippen LogP contribution in [-0.2, 0) is 4.79 Å². The van der Waals surface area contributed by atoms with Gasteiger partial charge in [-0.25, -0.2) is 0 Å². The van der Waals surface area contributed by atoms with Crippen LogP contribution in [0.15, 0.2) is 29.2 Å². The van der Waals surface area contributed by atoms with Crippen molar-refractivity contribution in [3.05, 3.63) is 24.3 Å². The molecule has 1 unspecified atom stereocenters. The van der Waals surface area contributed by atoms with E-state index in [0.717, 1.165) is 30.7 Å². The van der Waals surface area contributed by atoms with Gasteiger partial charge in [-0.15, -0.1) is 11.8 Å². The van der Waals surface area contributed by atoms with E-state index >= 15 is 0 Å². The summed E-state index contributed by atoms with van der Waals surface area (Å²) in [6.07, 6.45) is 3.32. The fourth-order valence-corrected chi connectivity index (χ4v) is 2.45. The van der Waals surface area contributed by atoms with Crippen molar-refractivity contribution >= 4 is 17.7 Å². The highest BCUT2D eigenvalue weighted by molar-refractivity contribution is 8.00. The fraction of sp³-hybridized carbons (Fsp3) is 0.500. The average Bonchev–Trinajstić information content (AvgIpc) is 2.37. The third-order valence-electron chi connectivity index (χ3n) is 2.62. The number of phenolic OH excluding ortho intramolecular Hbond substituents is 1. The van der Waals surface area contributed by atoms with Crippen molar-refractivity contribution in [2.75, 3.05) is 6.54 Å². The molecule has 1 rings (SSSR count). The first-order valence-electron chi connectivity index (χ1n) is 6.37. The lowest BCUT2D eigenvalue weighted by Gasteiger charge is -2.12. The first kappa shape index (κ1) is 14.9. The summed E-state index contributed by atoms with van der Waals surface area (Å²) in [6, 6.07) is 7.08. The second-order valence-corrected chi connectivity index (χ2v) is 5.61. The van der Waals surface area contributed by atoms with E-state index in [9.17, 15) is 9.90 Å². The molecule has 0 radical (unpaired) electrons. The van der Waals surface area contributed by atoms with Crippen molar-refractivity contribution in [2.24, 2.45) is 0 Å². The molecule has 2 N–H and O–H groups in total. The van der Waals surface area contributed by atoms with Crippen molar-refractivity contribution in [3.63, 3.8) is 0 Å². The van der Waals surface area contributed by atoms with E-state index in [0.29, 0.717) is 0 Å². The van der Waals surface area contributed by atoms with E-state index < -0.39 is 0 Å². The molecule has 1 amide bonds. The zero-order valence-electron chi connectivity index (χ0n) is 11.0. The zero-order chi connectivity index (χ0) is 13.4. The van der Waals surface area contributed by atoms with Crippen LogP contribution in [0.3, 0.4) is 0 Å². The molecule has 0 heterocycles. The Bertz CT molecular complexity index is 382. The molecule has 1 atom stereocenters. The fourth-order valence-electron chi connectivity index (χ4n) is 1.53. The van der Waals surface area contributed by atoms with Gasteiger partial charge in [0, 0.05) is 11.4 Å². The molecule has 0 aliphatic carbocycles. The van der Waals surface area contributed by atoms with Gasteiger partial charge in [0.25, 0.3) is 0 Å². The smallest absolute Gasteiger partial charge is 0.233 e. The first-order valence-corrected chi connectivity index (χ1v) is 7.25. The maximum atomic E-state index is 11.8. The molecule has 1 aromatic rings. The first-order chi connectivity index (χ1) is 8.65. The van der Waals surface area contributed by atoms with Crippen LogP contribution < -0.4 is 5.32 Å². The topological polar surface area (TPSA) is 49.3 Å². The third-order valence-corrected chi connectivity index (χ3v) is 3.78. The van der Waals surface area contributed by atoms with Crippen LogP contribution >= 0.6 is 11.8 Å². The van der Waals surface area contributed by atoms with Gasteiger partial charge in [0.2, 0.25) is 5.91 Å². The molecular weight excluding hydrogens is 246 g/mol. The Kier molecular flexibility index (Phi) is 6.65. The lowest BCUT2D eigenvalue weighted by Crippen LogP contribution is -2.31. The van der Waals surface area contributed by atoms with E-state index in [4.69, 9.17) is 0 Å². The predicted molar refractivity (Wildman–Crippen MR) is 76.0 cm³/mol. The molecule has 0 bridgehead atoms. The minimum Gasteiger partial charge on any atom is -0.507 e. The predicted octanol–water partition coefficient (Wildman–Crippen LogP) is 3.18. The standard InChI is InChI=1S/C14H21NO2S/c1-3-4-7-10-15-14(17)11(2)18-13-9-6-5-8-12(13)16/h5-6,8-9,11,16H,3-4,7,10H2,1-2H3,(H,15,17). The van der Waals surface area contributed by atoms with E-state index in [-0.39, 0.29) is 16.9 Å². The minimum atomic E-state index is -0.195. The lowest BCUT2D eigenvalue weighted by atomic mass is 10.2. The van der Waals surface area contributed by atoms with Gasteiger partial charge >= 0.3 is 0 Å². The monoisotopic (exact) mass is 267 g/mol. The molecule has 1 aromatic carbocycles. The number of unbranched alkanes of at least 4 members (excludes halogenated alkanes) is 2. The molecule has 0 spiro atoms.